The fourth-order valence-electron chi connectivity index (χ4n) is 4.71. The molecule has 4 rings (SSSR count). The first-order chi connectivity index (χ1) is 11.7. The van der Waals surface area contributed by atoms with Crippen molar-refractivity contribution in [3.63, 3.8) is 0 Å². The van der Waals surface area contributed by atoms with E-state index in [0.29, 0.717) is 18.4 Å². The van der Waals surface area contributed by atoms with Gasteiger partial charge in [0.1, 0.15) is 5.75 Å². The van der Waals surface area contributed by atoms with Crippen molar-refractivity contribution in [2.75, 3.05) is 7.11 Å². The Bertz CT molecular complexity index is 777. The van der Waals surface area contributed by atoms with Gasteiger partial charge in [0.2, 0.25) is 5.91 Å². The third-order valence-electron chi connectivity index (χ3n) is 5.94. The zero-order chi connectivity index (χ0) is 16.7. The number of ether oxygens (including phenoxy) is 1. The molecule has 2 aliphatic carbocycles. The second kappa shape index (κ2) is 7.22. The van der Waals surface area contributed by atoms with Gasteiger partial charge in [0.15, 0.2) is 0 Å². The number of halogens is 1. The van der Waals surface area contributed by atoms with Gasteiger partial charge >= 0.3 is 0 Å². The van der Waals surface area contributed by atoms with E-state index in [1.807, 2.05) is 24.3 Å². The van der Waals surface area contributed by atoms with Gasteiger partial charge < -0.3 is 15.8 Å². The average Bonchev–Trinajstić information content (AvgIpc) is 3.20. The summed E-state index contributed by atoms with van der Waals surface area (Å²) in [4.78, 5) is 12.7. The number of methoxy groups -OCH3 is 1. The molecule has 3 N–H and O–H groups in total. The lowest BCUT2D eigenvalue weighted by Crippen LogP contribution is -2.45. The van der Waals surface area contributed by atoms with E-state index in [1.165, 1.54) is 6.42 Å². The van der Waals surface area contributed by atoms with Gasteiger partial charge in [0, 0.05) is 18.2 Å². The Morgan fingerprint density at radius 3 is 2.68 bits per heavy atom. The number of nitrogens with one attached hydrogen (secondary N) is 1. The summed E-state index contributed by atoms with van der Waals surface area (Å²) >= 11 is 0. The highest BCUT2D eigenvalue weighted by Crippen LogP contribution is 2.47. The summed E-state index contributed by atoms with van der Waals surface area (Å²) < 4.78 is 5.51. The predicted octanol–water partition coefficient (Wildman–Crippen LogP) is 3.26. The number of benzene rings is 2. The minimum Gasteiger partial charge on any atom is -0.496 e. The summed E-state index contributed by atoms with van der Waals surface area (Å²) in [5, 5.41) is 5.40. The Balaban J connectivity index is 0.00000182. The number of fused-ring (bicyclic) bond motifs is 3. The molecule has 134 valence electrons. The maximum atomic E-state index is 12.7. The summed E-state index contributed by atoms with van der Waals surface area (Å²) in [5.41, 5.74) is 7.32. The number of carbonyl (C=O) groups is 1. The van der Waals surface area contributed by atoms with Gasteiger partial charge in [-0.3, -0.25) is 4.79 Å². The van der Waals surface area contributed by atoms with Gasteiger partial charge in [-0.25, -0.2) is 0 Å². The number of hydrogen-bond acceptors (Lipinski definition) is 3. The van der Waals surface area contributed by atoms with Crippen molar-refractivity contribution in [3.05, 3.63) is 42.0 Å². The maximum Gasteiger partial charge on any atom is 0.225 e. The van der Waals surface area contributed by atoms with Crippen molar-refractivity contribution in [2.24, 2.45) is 23.5 Å². The summed E-state index contributed by atoms with van der Waals surface area (Å²) in [7, 11) is 1.67. The zero-order valence-electron chi connectivity index (χ0n) is 14.4. The molecule has 0 saturated heterocycles. The van der Waals surface area contributed by atoms with Crippen LogP contribution in [0.4, 0.5) is 0 Å². The molecule has 2 aliphatic rings. The fourth-order valence-corrected chi connectivity index (χ4v) is 4.71. The van der Waals surface area contributed by atoms with Gasteiger partial charge in [0.05, 0.1) is 13.0 Å². The quantitative estimate of drug-likeness (QED) is 0.879. The predicted molar refractivity (Wildman–Crippen MR) is 102 cm³/mol. The highest BCUT2D eigenvalue weighted by Gasteiger charge is 2.48. The van der Waals surface area contributed by atoms with E-state index < -0.39 is 0 Å². The molecule has 5 heteroatoms. The van der Waals surface area contributed by atoms with Crippen LogP contribution in [0.25, 0.3) is 10.8 Å². The zero-order valence-corrected chi connectivity index (χ0v) is 15.2. The lowest BCUT2D eigenvalue weighted by Gasteiger charge is -2.27. The normalized spacial score (nSPS) is 27.1. The van der Waals surface area contributed by atoms with Crippen LogP contribution in [0.5, 0.6) is 5.75 Å². The van der Waals surface area contributed by atoms with Crippen LogP contribution in [-0.2, 0) is 11.3 Å². The number of amides is 1. The molecule has 2 bridgehead atoms. The molecule has 0 spiro atoms. The van der Waals surface area contributed by atoms with Gasteiger partial charge in [0.25, 0.3) is 0 Å². The van der Waals surface area contributed by atoms with Crippen molar-refractivity contribution in [2.45, 2.75) is 31.8 Å². The Labute approximate surface area is 154 Å². The van der Waals surface area contributed by atoms with Crippen molar-refractivity contribution in [3.8, 4) is 5.75 Å². The van der Waals surface area contributed by atoms with E-state index in [0.717, 1.165) is 34.9 Å². The molecule has 0 radical (unpaired) electrons. The third kappa shape index (κ3) is 3.09. The van der Waals surface area contributed by atoms with Gasteiger partial charge in [-0.15, -0.1) is 12.4 Å². The maximum absolute atomic E-state index is 12.7. The Morgan fingerprint density at radius 1 is 1.20 bits per heavy atom. The molecule has 2 aromatic carbocycles. The second-order valence-electron chi connectivity index (χ2n) is 7.12. The van der Waals surface area contributed by atoms with Crippen LogP contribution in [0, 0.1) is 17.8 Å². The molecule has 4 nitrogen and oxygen atoms in total. The van der Waals surface area contributed by atoms with E-state index in [-0.39, 0.29) is 30.3 Å². The first-order valence-electron chi connectivity index (χ1n) is 8.77. The van der Waals surface area contributed by atoms with Crippen molar-refractivity contribution >= 4 is 29.1 Å². The molecular formula is C20H25ClN2O2. The summed E-state index contributed by atoms with van der Waals surface area (Å²) in [6.45, 7) is 0.476. The number of nitrogens with two attached hydrogens (primary N) is 1. The Kier molecular flexibility index (Phi) is 5.21. The number of carbonyl (C=O) groups excluding carboxylic acids is 1. The summed E-state index contributed by atoms with van der Waals surface area (Å²) in [5.74, 6) is 1.90. The fraction of sp³-hybridized carbons (Fsp3) is 0.450. The highest BCUT2D eigenvalue weighted by atomic mass is 35.5. The number of hydrogen-bond donors (Lipinski definition) is 2. The summed E-state index contributed by atoms with van der Waals surface area (Å²) in [6, 6.07) is 12.2. The van der Waals surface area contributed by atoms with Gasteiger partial charge in [-0.2, -0.15) is 0 Å². The lowest BCUT2D eigenvalue weighted by molar-refractivity contribution is -0.127. The molecule has 4 unspecified atom stereocenters. The molecule has 2 aromatic rings. The van der Waals surface area contributed by atoms with E-state index in [9.17, 15) is 4.79 Å². The minimum absolute atomic E-state index is 0. The van der Waals surface area contributed by atoms with Gasteiger partial charge in [-0.05, 0) is 47.9 Å². The largest absolute Gasteiger partial charge is 0.496 e. The molecular weight excluding hydrogens is 336 g/mol. The molecule has 2 saturated carbocycles. The molecule has 25 heavy (non-hydrogen) atoms. The van der Waals surface area contributed by atoms with Crippen LogP contribution < -0.4 is 15.8 Å². The van der Waals surface area contributed by atoms with Gasteiger partial charge in [-0.1, -0.05) is 30.3 Å². The smallest absolute Gasteiger partial charge is 0.225 e. The van der Waals surface area contributed by atoms with Crippen LogP contribution in [-0.4, -0.2) is 19.1 Å². The SMILES string of the molecule is COc1ccc2ccccc2c1CNC(=O)C1C2CCC(C2)C1N.Cl. The molecule has 2 fully saturated rings. The second-order valence-corrected chi connectivity index (χ2v) is 7.12. The highest BCUT2D eigenvalue weighted by molar-refractivity contribution is 5.88. The Hall–Kier alpha value is -1.78. The van der Waals surface area contributed by atoms with E-state index in [2.05, 4.69) is 17.4 Å². The minimum atomic E-state index is -0.0234. The first-order valence-corrected chi connectivity index (χ1v) is 8.77. The van der Waals surface area contributed by atoms with Crippen molar-refractivity contribution in [1.82, 2.24) is 5.32 Å². The lowest BCUT2D eigenvalue weighted by atomic mass is 9.84. The molecule has 0 heterocycles. The Morgan fingerprint density at radius 2 is 1.96 bits per heavy atom. The monoisotopic (exact) mass is 360 g/mol. The van der Waals surface area contributed by atoms with Crippen LogP contribution in [0.3, 0.4) is 0 Å². The average molecular weight is 361 g/mol. The van der Waals surface area contributed by atoms with Crippen LogP contribution in [0.15, 0.2) is 36.4 Å². The number of rotatable bonds is 4. The van der Waals surface area contributed by atoms with Crippen LogP contribution in [0.2, 0.25) is 0 Å². The topological polar surface area (TPSA) is 64.3 Å². The van der Waals surface area contributed by atoms with E-state index in [1.54, 1.807) is 7.11 Å². The standard InChI is InChI=1S/C20H24N2O2.ClH/c1-24-17-9-8-12-4-2-3-5-15(12)16(17)11-22-20(23)18-13-6-7-14(10-13)19(18)21;/h2-5,8-9,13-14,18-19H,6-7,10-11,21H2,1H3,(H,22,23);1H. The van der Waals surface area contributed by atoms with Crippen LogP contribution >= 0.6 is 12.4 Å². The molecule has 0 aliphatic heterocycles. The van der Waals surface area contributed by atoms with Crippen molar-refractivity contribution < 1.29 is 9.53 Å². The molecule has 0 aromatic heterocycles. The van der Waals surface area contributed by atoms with E-state index in [4.69, 9.17) is 10.5 Å². The van der Waals surface area contributed by atoms with Crippen molar-refractivity contribution in [1.29, 1.82) is 0 Å². The van der Waals surface area contributed by atoms with Crippen LogP contribution in [0.1, 0.15) is 24.8 Å². The summed E-state index contributed by atoms with van der Waals surface area (Å²) in [6.07, 6.45) is 3.46. The third-order valence-corrected chi connectivity index (χ3v) is 5.94. The van der Waals surface area contributed by atoms with E-state index >= 15 is 0 Å². The first kappa shape index (κ1) is 18.0. The molecule has 1 amide bonds. The molecule has 4 atom stereocenters.